The van der Waals surface area contributed by atoms with Crippen LogP contribution in [0.5, 0.6) is 0 Å². The van der Waals surface area contributed by atoms with Crippen LogP contribution in [0.1, 0.15) is 36.2 Å². The van der Waals surface area contributed by atoms with E-state index in [-0.39, 0.29) is 5.91 Å². The molecule has 0 aliphatic heterocycles. The molecule has 0 bridgehead atoms. The van der Waals surface area contributed by atoms with Crippen molar-refractivity contribution in [2.45, 2.75) is 27.2 Å². The van der Waals surface area contributed by atoms with Crippen LogP contribution >= 0.6 is 0 Å². The molecule has 0 aliphatic rings. The van der Waals surface area contributed by atoms with Crippen molar-refractivity contribution in [2.75, 3.05) is 25.5 Å². The minimum Gasteiger partial charge on any atom is -0.398 e. The Hall–Kier alpha value is -1.55. The van der Waals surface area contributed by atoms with Crippen molar-refractivity contribution in [3.63, 3.8) is 0 Å². The molecule has 4 nitrogen and oxygen atoms in total. The van der Waals surface area contributed by atoms with Gasteiger partial charge in [0.15, 0.2) is 0 Å². The van der Waals surface area contributed by atoms with Gasteiger partial charge in [0.05, 0.1) is 5.56 Å². The zero-order valence-corrected chi connectivity index (χ0v) is 12.0. The van der Waals surface area contributed by atoms with E-state index in [1.807, 2.05) is 13.0 Å². The van der Waals surface area contributed by atoms with Crippen LogP contribution in [0.25, 0.3) is 0 Å². The first kappa shape index (κ1) is 15.5. The summed E-state index contributed by atoms with van der Waals surface area (Å²) in [7, 11) is 0. The number of rotatable bonds is 7. The van der Waals surface area contributed by atoms with Gasteiger partial charge in [-0.05, 0) is 37.0 Å². The summed E-state index contributed by atoms with van der Waals surface area (Å²) in [6.07, 6.45) is 0.810. The molecule has 19 heavy (non-hydrogen) atoms. The normalized spacial score (nSPS) is 10.7. The van der Waals surface area contributed by atoms with Gasteiger partial charge in [0, 0.05) is 25.4 Å². The SMILES string of the molecule is Cc1ccc(C(=O)NCCCOCC(C)C)c(N)c1. The van der Waals surface area contributed by atoms with Gasteiger partial charge in [-0.2, -0.15) is 0 Å². The molecule has 1 aromatic carbocycles. The predicted molar refractivity (Wildman–Crippen MR) is 78.2 cm³/mol. The highest BCUT2D eigenvalue weighted by Crippen LogP contribution is 2.13. The quantitative estimate of drug-likeness (QED) is 0.587. The fourth-order valence-electron chi connectivity index (χ4n) is 1.68. The van der Waals surface area contributed by atoms with Gasteiger partial charge in [-0.3, -0.25) is 4.79 Å². The van der Waals surface area contributed by atoms with Crippen molar-refractivity contribution in [3.8, 4) is 0 Å². The largest absolute Gasteiger partial charge is 0.398 e. The van der Waals surface area contributed by atoms with Crippen LogP contribution in [0, 0.1) is 12.8 Å². The maximum atomic E-state index is 11.9. The topological polar surface area (TPSA) is 64.3 Å². The van der Waals surface area contributed by atoms with Crippen molar-refractivity contribution < 1.29 is 9.53 Å². The Balaban J connectivity index is 2.28. The molecule has 106 valence electrons. The smallest absolute Gasteiger partial charge is 0.253 e. The van der Waals surface area contributed by atoms with Gasteiger partial charge in [0.25, 0.3) is 5.91 Å². The second kappa shape index (κ2) is 7.79. The van der Waals surface area contributed by atoms with Crippen LogP contribution in [0.3, 0.4) is 0 Å². The Bertz CT molecular complexity index is 417. The molecule has 1 aromatic rings. The van der Waals surface area contributed by atoms with Crippen molar-refractivity contribution in [1.29, 1.82) is 0 Å². The molecule has 0 unspecified atom stereocenters. The van der Waals surface area contributed by atoms with E-state index in [9.17, 15) is 4.79 Å². The number of nitrogens with one attached hydrogen (secondary N) is 1. The summed E-state index contributed by atoms with van der Waals surface area (Å²) >= 11 is 0. The van der Waals surface area contributed by atoms with E-state index in [4.69, 9.17) is 10.5 Å². The number of aryl methyl sites for hydroxylation is 1. The van der Waals surface area contributed by atoms with Crippen LogP contribution in [0.15, 0.2) is 18.2 Å². The van der Waals surface area contributed by atoms with Crippen LogP contribution < -0.4 is 11.1 Å². The lowest BCUT2D eigenvalue weighted by atomic mass is 10.1. The Kier molecular flexibility index (Phi) is 6.36. The Morgan fingerprint density at radius 3 is 2.79 bits per heavy atom. The van der Waals surface area contributed by atoms with Crippen LogP contribution in [0.2, 0.25) is 0 Å². The molecule has 0 heterocycles. The highest BCUT2D eigenvalue weighted by molar-refractivity contribution is 5.99. The molecule has 3 N–H and O–H groups in total. The highest BCUT2D eigenvalue weighted by atomic mass is 16.5. The fraction of sp³-hybridized carbons (Fsp3) is 0.533. The number of carbonyl (C=O) groups is 1. The van der Waals surface area contributed by atoms with Crippen LogP contribution in [-0.4, -0.2) is 25.7 Å². The second-order valence-corrected chi connectivity index (χ2v) is 5.17. The molecule has 0 atom stereocenters. The average Bonchev–Trinajstić information content (AvgIpc) is 2.32. The molecule has 0 aromatic heterocycles. The van der Waals surface area contributed by atoms with E-state index in [0.717, 1.165) is 18.6 Å². The minimum atomic E-state index is -0.124. The van der Waals surface area contributed by atoms with Crippen molar-refractivity contribution in [3.05, 3.63) is 29.3 Å². The third kappa shape index (κ3) is 5.75. The summed E-state index contributed by atoms with van der Waals surface area (Å²) in [6, 6.07) is 5.45. The lowest BCUT2D eigenvalue weighted by Gasteiger charge is -2.09. The summed E-state index contributed by atoms with van der Waals surface area (Å²) < 4.78 is 5.45. The molecule has 0 saturated carbocycles. The molecule has 0 saturated heterocycles. The molecule has 0 fully saturated rings. The zero-order valence-electron chi connectivity index (χ0n) is 12.0. The number of ether oxygens (including phenoxy) is 1. The summed E-state index contributed by atoms with van der Waals surface area (Å²) in [5.74, 6) is 0.420. The fourth-order valence-corrected chi connectivity index (χ4v) is 1.68. The van der Waals surface area contributed by atoms with Crippen molar-refractivity contribution in [2.24, 2.45) is 5.92 Å². The lowest BCUT2D eigenvalue weighted by Crippen LogP contribution is -2.26. The monoisotopic (exact) mass is 264 g/mol. The Morgan fingerprint density at radius 1 is 1.42 bits per heavy atom. The number of amides is 1. The lowest BCUT2D eigenvalue weighted by molar-refractivity contribution is 0.0926. The Labute approximate surface area is 115 Å². The van der Waals surface area contributed by atoms with Crippen molar-refractivity contribution >= 4 is 11.6 Å². The van der Waals surface area contributed by atoms with E-state index in [2.05, 4.69) is 19.2 Å². The molecule has 0 radical (unpaired) electrons. The molecule has 4 heteroatoms. The molecule has 1 rings (SSSR count). The van der Waals surface area contributed by atoms with Gasteiger partial charge in [0.1, 0.15) is 0 Å². The number of carbonyl (C=O) groups excluding carboxylic acids is 1. The number of benzene rings is 1. The molecular formula is C15H24N2O2. The molecule has 0 spiro atoms. The highest BCUT2D eigenvalue weighted by Gasteiger charge is 2.08. The first-order valence-electron chi connectivity index (χ1n) is 6.72. The minimum absolute atomic E-state index is 0.124. The van der Waals surface area contributed by atoms with E-state index < -0.39 is 0 Å². The maximum absolute atomic E-state index is 11.9. The van der Waals surface area contributed by atoms with Gasteiger partial charge < -0.3 is 15.8 Å². The van der Waals surface area contributed by atoms with Gasteiger partial charge >= 0.3 is 0 Å². The van der Waals surface area contributed by atoms with Gasteiger partial charge in [-0.15, -0.1) is 0 Å². The number of nitrogen functional groups attached to an aromatic ring is 1. The summed E-state index contributed by atoms with van der Waals surface area (Å²) in [6.45, 7) is 8.21. The second-order valence-electron chi connectivity index (χ2n) is 5.17. The number of anilines is 1. The average molecular weight is 264 g/mol. The summed E-state index contributed by atoms with van der Waals surface area (Å²) in [5, 5.41) is 2.85. The third-order valence-corrected chi connectivity index (χ3v) is 2.65. The van der Waals surface area contributed by atoms with Crippen molar-refractivity contribution in [1.82, 2.24) is 5.32 Å². The Morgan fingerprint density at radius 2 is 2.16 bits per heavy atom. The van der Waals surface area contributed by atoms with Crippen LogP contribution in [0.4, 0.5) is 5.69 Å². The van der Waals surface area contributed by atoms with Crippen LogP contribution in [-0.2, 0) is 4.74 Å². The van der Waals surface area contributed by atoms with E-state index in [1.165, 1.54) is 0 Å². The first-order valence-corrected chi connectivity index (χ1v) is 6.72. The molecular weight excluding hydrogens is 240 g/mol. The van der Waals surface area contributed by atoms with E-state index in [0.29, 0.717) is 30.3 Å². The standard InChI is InChI=1S/C15H24N2O2/c1-11(2)10-19-8-4-7-17-15(18)13-6-5-12(3)9-14(13)16/h5-6,9,11H,4,7-8,10,16H2,1-3H3,(H,17,18). The van der Waals surface area contributed by atoms with Gasteiger partial charge in [-0.1, -0.05) is 19.9 Å². The van der Waals surface area contributed by atoms with E-state index >= 15 is 0 Å². The van der Waals surface area contributed by atoms with E-state index in [1.54, 1.807) is 12.1 Å². The molecule has 1 amide bonds. The molecule has 0 aliphatic carbocycles. The summed E-state index contributed by atoms with van der Waals surface area (Å²) in [4.78, 5) is 11.9. The maximum Gasteiger partial charge on any atom is 0.253 e. The zero-order chi connectivity index (χ0) is 14.3. The van der Waals surface area contributed by atoms with Gasteiger partial charge in [0.2, 0.25) is 0 Å². The summed E-state index contributed by atoms with van der Waals surface area (Å²) in [5.41, 5.74) is 7.93. The van der Waals surface area contributed by atoms with Gasteiger partial charge in [-0.25, -0.2) is 0 Å². The predicted octanol–water partition coefficient (Wildman–Crippen LogP) is 2.37. The number of hydrogen-bond acceptors (Lipinski definition) is 3. The number of nitrogens with two attached hydrogens (primary N) is 1. The first-order chi connectivity index (χ1) is 9.00. The third-order valence-electron chi connectivity index (χ3n) is 2.65. The number of hydrogen-bond donors (Lipinski definition) is 2.